The van der Waals surface area contributed by atoms with Crippen LogP contribution in [0, 0.1) is 12.3 Å². The smallest absolute Gasteiger partial charge is 0.255 e. The molecule has 2 rings (SSSR count). The number of aryl methyl sites for hydroxylation is 1. The Balaban J connectivity index is 2.17. The first-order valence-corrected chi connectivity index (χ1v) is 7.82. The Morgan fingerprint density at radius 1 is 1.44 bits per heavy atom. The molecule has 1 aromatic heterocycles. The van der Waals surface area contributed by atoms with Gasteiger partial charge in [-0.25, -0.2) is 0 Å². The second-order valence-corrected chi connectivity index (χ2v) is 5.36. The van der Waals surface area contributed by atoms with Crippen molar-refractivity contribution >= 4 is 5.91 Å². The second-order valence-electron chi connectivity index (χ2n) is 5.36. The minimum atomic E-state index is -0.206. The van der Waals surface area contributed by atoms with Crippen LogP contribution in [0.25, 0.3) is 11.1 Å². The molecule has 0 unspecified atom stereocenters. The van der Waals surface area contributed by atoms with Crippen LogP contribution in [0.4, 0.5) is 0 Å². The first kappa shape index (κ1) is 18.1. The average Bonchev–Trinajstić information content (AvgIpc) is 3.07. The van der Waals surface area contributed by atoms with Crippen LogP contribution in [0.5, 0.6) is 5.75 Å². The van der Waals surface area contributed by atoms with Gasteiger partial charge in [0.2, 0.25) is 0 Å². The molecule has 2 aromatic rings. The van der Waals surface area contributed by atoms with Crippen molar-refractivity contribution in [1.29, 1.82) is 0 Å². The van der Waals surface area contributed by atoms with Crippen molar-refractivity contribution in [2.45, 2.75) is 6.92 Å². The maximum Gasteiger partial charge on any atom is 0.255 e. The topological polar surface area (TPSA) is 56.2 Å². The lowest BCUT2D eigenvalue weighted by atomic mass is 10.1. The molecule has 128 valence electrons. The quantitative estimate of drug-likeness (QED) is 0.652. The number of terminal acetylenes is 1. The molecule has 1 amide bonds. The van der Waals surface area contributed by atoms with Gasteiger partial charge >= 0.3 is 0 Å². The first-order chi connectivity index (χ1) is 12.1. The Bertz CT molecular complexity index is 854. The Hall–Kier alpha value is -3.26. The molecular formula is C20H21N3O2. The van der Waals surface area contributed by atoms with Gasteiger partial charge in [0.05, 0.1) is 18.9 Å². The molecule has 0 aliphatic carbocycles. The van der Waals surface area contributed by atoms with Gasteiger partial charge in [-0.05, 0) is 42.3 Å². The van der Waals surface area contributed by atoms with E-state index >= 15 is 0 Å². The van der Waals surface area contributed by atoms with Crippen molar-refractivity contribution in [3.8, 4) is 29.2 Å². The van der Waals surface area contributed by atoms with Crippen LogP contribution in [-0.4, -0.2) is 29.3 Å². The van der Waals surface area contributed by atoms with Crippen LogP contribution < -0.4 is 10.1 Å². The normalized spacial score (nSPS) is 11.4. The van der Waals surface area contributed by atoms with Gasteiger partial charge in [0.15, 0.2) is 0 Å². The molecule has 0 atom stereocenters. The molecule has 0 saturated carbocycles. The number of hydrogen-bond acceptors (Lipinski definition) is 3. The SMILES string of the molecule is C#C/C=C\C(=C/C)CNC(=O)c1ccc(-c2cnn(C)c2)cc1OC. The molecule has 0 aliphatic heterocycles. The van der Waals surface area contributed by atoms with E-state index in [-0.39, 0.29) is 5.91 Å². The van der Waals surface area contributed by atoms with Gasteiger partial charge in [-0.3, -0.25) is 9.48 Å². The summed E-state index contributed by atoms with van der Waals surface area (Å²) in [6.07, 6.45) is 14.2. The molecule has 1 N–H and O–H groups in total. The van der Waals surface area contributed by atoms with Crippen molar-refractivity contribution in [3.05, 3.63) is 60.0 Å². The predicted octanol–water partition coefficient (Wildman–Crippen LogP) is 2.96. The van der Waals surface area contributed by atoms with E-state index in [2.05, 4.69) is 16.3 Å². The molecule has 5 nitrogen and oxygen atoms in total. The Labute approximate surface area is 148 Å². The van der Waals surface area contributed by atoms with E-state index in [1.807, 2.05) is 38.4 Å². The number of nitrogens with zero attached hydrogens (tertiary/aromatic N) is 2. The van der Waals surface area contributed by atoms with Gasteiger partial charge in [-0.15, -0.1) is 6.42 Å². The summed E-state index contributed by atoms with van der Waals surface area (Å²) in [5.41, 5.74) is 3.31. The number of allylic oxidation sites excluding steroid dienone is 2. The summed E-state index contributed by atoms with van der Waals surface area (Å²) in [5, 5.41) is 7.03. The van der Waals surface area contributed by atoms with Crippen LogP contribution in [0.1, 0.15) is 17.3 Å². The highest BCUT2D eigenvalue weighted by Gasteiger charge is 2.14. The van der Waals surface area contributed by atoms with E-state index in [0.717, 1.165) is 16.7 Å². The second kappa shape index (κ2) is 8.55. The van der Waals surface area contributed by atoms with Gasteiger partial charge in [-0.1, -0.05) is 18.1 Å². The molecule has 1 aromatic carbocycles. The van der Waals surface area contributed by atoms with Crippen molar-refractivity contribution in [2.75, 3.05) is 13.7 Å². The fourth-order valence-corrected chi connectivity index (χ4v) is 2.32. The Morgan fingerprint density at radius 2 is 2.24 bits per heavy atom. The van der Waals surface area contributed by atoms with Crippen molar-refractivity contribution in [1.82, 2.24) is 15.1 Å². The number of methoxy groups -OCH3 is 1. The lowest BCUT2D eigenvalue weighted by Gasteiger charge is -2.11. The van der Waals surface area contributed by atoms with Crippen LogP contribution >= 0.6 is 0 Å². The van der Waals surface area contributed by atoms with Crippen molar-refractivity contribution in [3.63, 3.8) is 0 Å². The van der Waals surface area contributed by atoms with Crippen LogP contribution in [-0.2, 0) is 7.05 Å². The zero-order valence-corrected chi connectivity index (χ0v) is 14.6. The van der Waals surface area contributed by atoms with Crippen LogP contribution in [0.3, 0.4) is 0 Å². The van der Waals surface area contributed by atoms with E-state index in [0.29, 0.717) is 17.9 Å². The third-order valence-corrected chi connectivity index (χ3v) is 3.70. The predicted molar refractivity (Wildman–Crippen MR) is 99.3 cm³/mol. The highest BCUT2D eigenvalue weighted by Crippen LogP contribution is 2.27. The summed E-state index contributed by atoms with van der Waals surface area (Å²) in [6.45, 7) is 2.28. The summed E-state index contributed by atoms with van der Waals surface area (Å²) in [7, 11) is 3.40. The Morgan fingerprint density at radius 3 is 2.84 bits per heavy atom. The summed E-state index contributed by atoms with van der Waals surface area (Å²) in [5.74, 6) is 2.74. The molecule has 25 heavy (non-hydrogen) atoms. The molecule has 0 aliphatic rings. The zero-order chi connectivity index (χ0) is 18.2. The fourth-order valence-electron chi connectivity index (χ4n) is 2.32. The monoisotopic (exact) mass is 335 g/mol. The number of benzene rings is 1. The van der Waals surface area contributed by atoms with Gasteiger partial charge in [-0.2, -0.15) is 5.10 Å². The minimum Gasteiger partial charge on any atom is -0.496 e. The summed E-state index contributed by atoms with van der Waals surface area (Å²) < 4.78 is 7.12. The molecule has 0 spiro atoms. The maximum absolute atomic E-state index is 12.5. The lowest BCUT2D eigenvalue weighted by molar-refractivity contribution is 0.0954. The summed E-state index contributed by atoms with van der Waals surface area (Å²) in [6, 6.07) is 5.47. The molecule has 0 radical (unpaired) electrons. The van der Waals surface area contributed by atoms with Crippen molar-refractivity contribution < 1.29 is 9.53 Å². The van der Waals surface area contributed by atoms with Crippen molar-refractivity contribution in [2.24, 2.45) is 7.05 Å². The molecule has 0 saturated heterocycles. The Kier molecular flexibility index (Phi) is 6.19. The number of amides is 1. The maximum atomic E-state index is 12.5. The lowest BCUT2D eigenvalue weighted by Crippen LogP contribution is -2.25. The fraction of sp³-hybridized carbons (Fsp3) is 0.200. The summed E-state index contributed by atoms with van der Waals surface area (Å²) >= 11 is 0. The largest absolute Gasteiger partial charge is 0.496 e. The van der Waals surface area contributed by atoms with E-state index in [4.69, 9.17) is 11.2 Å². The van der Waals surface area contributed by atoms with E-state index in [9.17, 15) is 4.79 Å². The van der Waals surface area contributed by atoms with Gasteiger partial charge < -0.3 is 10.1 Å². The minimum absolute atomic E-state index is 0.206. The van der Waals surface area contributed by atoms with E-state index in [1.54, 1.807) is 36.2 Å². The molecule has 1 heterocycles. The number of carbonyl (C=O) groups excluding carboxylic acids is 1. The third kappa shape index (κ3) is 4.61. The highest BCUT2D eigenvalue weighted by atomic mass is 16.5. The number of ether oxygens (including phenoxy) is 1. The van der Waals surface area contributed by atoms with Crippen LogP contribution in [0.2, 0.25) is 0 Å². The van der Waals surface area contributed by atoms with Gasteiger partial charge in [0.1, 0.15) is 5.75 Å². The summed E-state index contributed by atoms with van der Waals surface area (Å²) in [4.78, 5) is 12.5. The number of carbonyl (C=O) groups is 1. The highest BCUT2D eigenvalue weighted by molar-refractivity contribution is 5.97. The zero-order valence-electron chi connectivity index (χ0n) is 14.6. The van der Waals surface area contributed by atoms with E-state index in [1.165, 1.54) is 0 Å². The third-order valence-electron chi connectivity index (χ3n) is 3.70. The first-order valence-electron chi connectivity index (χ1n) is 7.82. The van der Waals surface area contributed by atoms with Crippen LogP contribution in [0.15, 0.2) is 54.4 Å². The number of aromatic nitrogens is 2. The molecule has 5 heteroatoms. The average molecular weight is 335 g/mol. The molecule has 0 fully saturated rings. The molecular weight excluding hydrogens is 314 g/mol. The number of rotatable bonds is 6. The van der Waals surface area contributed by atoms with E-state index < -0.39 is 0 Å². The molecule has 0 bridgehead atoms. The number of nitrogens with one attached hydrogen (secondary N) is 1. The standard InChI is InChI=1S/C20H21N3O2/c1-5-7-8-15(6-2)12-21-20(24)18-10-9-16(11-19(18)25-4)17-13-22-23(3)14-17/h1,6-11,13-14H,12H2,2-4H3,(H,21,24)/b8-7-,15-6+. The number of hydrogen-bond donors (Lipinski definition) is 1. The van der Waals surface area contributed by atoms with Gasteiger partial charge in [0.25, 0.3) is 5.91 Å². The van der Waals surface area contributed by atoms with Gasteiger partial charge in [0, 0.05) is 25.4 Å².